The first-order chi connectivity index (χ1) is 6.02. The van der Waals surface area contributed by atoms with Crippen molar-refractivity contribution < 1.29 is 0 Å². The summed E-state index contributed by atoms with van der Waals surface area (Å²) in [5.41, 5.74) is 0.647. The summed E-state index contributed by atoms with van der Waals surface area (Å²) < 4.78 is 2.50. The van der Waals surface area contributed by atoms with Crippen molar-refractivity contribution in [2.24, 2.45) is 0 Å². The third-order valence-corrected chi connectivity index (χ3v) is 10.0. The Kier molecular flexibility index (Phi) is 6.26. The zero-order valence-corrected chi connectivity index (χ0v) is 11.5. The largest absolute Gasteiger partial charge is 0.312 e. The molecule has 80 valence electrons. The summed E-state index contributed by atoms with van der Waals surface area (Å²) in [5, 5.41) is 0. The number of halogens is 1. The predicted octanol–water partition coefficient (Wildman–Crippen LogP) is 3.83. The number of hydrogen-bond acceptors (Lipinski definition) is 1. The maximum atomic E-state index is 6.81. The number of nitrogens with zero attached hydrogens (tertiary/aromatic N) is 1. The van der Waals surface area contributed by atoms with Crippen LogP contribution in [0.2, 0.25) is 11.6 Å². The Morgan fingerprint density at radius 3 is 1.85 bits per heavy atom. The first-order valence-electron chi connectivity index (χ1n) is 5.46. The maximum absolute atomic E-state index is 6.81. The minimum atomic E-state index is -1.65. The summed E-state index contributed by atoms with van der Waals surface area (Å²) in [4.78, 5) is 0. The van der Waals surface area contributed by atoms with Crippen molar-refractivity contribution in [1.82, 2.24) is 4.57 Å². The summed E-state index contributed by atoms with van der Waals surface area (Å²) in [6.07, 6.45) is 1.21. The molecule has 0 radical (unpaired) electrons. The van der Waals surface area contributed by atoms with Gasteiger partial charge in [0.05, 0.1) is 0 Å². The van der Waals surface area contributed by atoms with E-state index in [4.69, 9.17) is 11.1 Å². The highest BCUT2D eigenvalue weighted by molar-refractivity contribution is 7.19. The summed E-state index contributed by atoms with van der Waals surface area (Å²) >= 11 is 6.81. The van der Waals surface area contributed by atoms with Gasteiger partial charge in [-0.05, 0) is 24.7 Å². The van der Waals surface area contributed by atoms with Gasteiger partial charge in [0, 0.05) is 0 Å². The van der Waals surface area contributed by atoms with Crippen molar-refractivity contribution in [1.29, 1.82) is 0 Å². The Morgan fingerprint density at radius 1 is 1.15 bits per heavy atom. The number of hydrogen-bond donors (Lipinski definition) is 0. The molecule has 0 fully saturated rings. The second-order valence-corrected chi connectivity index (χ2v) is 9.78. The van der Waals surface area contributed by atoms with E-state index in [0.717, 1.165) is 13.1 Å². The molecule has 0 saturated carbocycles. The van der Waals surface area contributed by atoms with Crippen molar-refractivity contribution in [2.45, 2.75) is 52.6 Å². The van der Waals surface area contributed by atoms with Gasteiger partial charge < -0.3 is 4.57 Å². The third kappa shape index (κ3) is 3.26. The maximum Gasteiger partial charge on any atom is 0.231 e. The van der Waals surface area contributed by atoms with Crippen LogP contribution in [-0.4, -0.2) is 25.2 Å². The molecule has 0 spiro atoms. The lowest BCUT2D eigenvalue weighted by Crippen LogP contribution is -2.51. The molecule has 0 N–H and O–H groups in total. The fourth-order valence-electron chi connectivity index (χ4n) is 1.91. The van der Waals surface area contributed by atoms with E-state index >= 15 is 0 Å². The van der Waals surface area contributed by atoms with Gasteiger partial charge in [-0.15, -0.1) is 11.1 Å². The van der Waals surface area contributed by atoms with Crippen molar-refractivity contribution in [3.05, 3.63) is 0 Å². The van der Waals surface area contributed by atoms with Crippen LogP contribution >= 0.6 is 11.1 Å². The van der Waals surface area contributed by atoms with Crippen molar-refractivity contribution in [3.63, 3.8) is 0 Å². The molecule has 0 aliphatic heterocycles. The minimum Gasteiger partial charge on any atom is -0.312 e. The predicted molar refractivity (Wildman–Crippen MR) is 64.7 cm³/mol. The summed E-state index contributed by atoms with van der Waals surface area (Å²) in [6.45, 7) is 13.4. The summed E-state index contributed by atoms with van der Waals surface area (Å²) in [6, 6.07) is 1.22. The fourth-order valence-corrected chi connectivity index (χ4v) is 6.57. The van der Waals surface area contributed by atoms with Crippen LogP contribution in [0.3, 0.4) is 0 Å². The second kappa shape index (κ2) is 6.05. The van der Waals surface area contributed by atoms with Crippen LogP contribution in [0.15, 0.2) is 0 Å². The molecule has 1 unspecified atom stereocenters. The summed E-state index contributed by atoms with van der Waals surface area (Å²) in [5.74, 6) is 0. The molecular weight excluding hydrogens is 198 g/mol. The van der Waals surface area contributed by atoms with Gasteiger partial charge in [0.15, 0.2) is 0 Å². The average Bonchev–Trinajstić information content (AvgIpc) is 2.06. The monoisotopic (exact) mass is 221 g/mol. The molecule has 0 amide bonds. The second-order valence-electron chi connectivity index (χ2n) is 3.90. The molecule has 0 aromatic heterocycles. The number of rotatable bonds is 6. The van der Waals surface area contributed by atoms with E-state index in [2.05, 4.69) is 39.2 Å². The van der Waals surface area contributed by atoms with Crippen LogP contribution in [0.1, 0.15) is 41.0 Å². The van der Waals surface area contributed by atoms with Gasteiger partial charge in [0.1, 0.15) is 0 Å². The first-order valence-corrected chi connectivity index (χ1v) is 8.71. The highest BCUT2D eigenvalue weighted by Gasteiger charge is 2.38. The molecule has 0 aromatic rings. The van der Waals surface area contributed by atoms with Gasteiger partial charge in [-0.25, -0.2) is 0 Å². The zero-order valence-electron chi connectivity index (χ0n) is 9.73. The topological polar surface area (TPSA) is 3.24 Å². The van der Waals surface area contributed by atoms with Crippen LogP contribution in [0.5, 0.6) is 0 Å². The zero-order chi connectivity index (χ0) is 10.5. The normalized spacial score (nSPS) is 16.6. The lowest BCUT2D eigenvalue weighted by Gasteiger charge is -2.38. The third-order valence-electron chi connectivity index (χ3n) is 2.77. The molecule has 0 rings (SSSR count). The molecule has 0 aliphatic carbocycles. The molecule has 3 heteroatoms. The Labute approximate surface area is 89.3 Å². The van der Waals surface area contributed by atoms with Gasteiger partial charge in [-0.3, -0.25) is 0 Å². The average molecular weight is 222 g/mol. The highest BCUT2D eigenvalue weighted by atomic mass is 35.6. The van der Waals surface area contributed by atoms with Crippen LogP contribution in [-0.2, 0) is 0 Å². The molecule has 1 nitrogen and oxygen atoms in total. The smallest absolute Gasteiger partial charge is 0.231 e. The SMILES string of the molecule is CCC[Si](Cl)(C(C)C)N(CC)CC. The molecule has 0 saturated heterocycles. The van der Waals surface area contributed by atoms with Gasteiger partial charge in [0.25, 0.3) is 0 Å². The minimum absolute atomic E-state index is 0.647. The standard InChI is InChI=1S/C10H24ClNSi/c1-6-9-13(11,10(4)5)12(7-2)8-3/h10H,6-9H2,1-5H3. The van der Waals surface area contributed by atoms with E-state index in [1.807, 2.05) is 0 Å². The van der Waals surface area contributed by atoms with E-state index in [0.29, 0.717) is 5.54 Å². The molecule has 0 aliphatic rings. The molecule has 0 bridgehead atoms. The van der Waals surface area contributed by atoms with Crippen LogP contribution in [0, 0.1) is 0 Å². The Bertz CT molecular complexity index is 137. The van der Waals surface area contributed by atoms with Gasteiger partial charge in [-0.2, -0.15) is 0 Å². The van der Waals surface area contributed by atoms with Gasteiger partial charge >= 0.3 is 0 Å². The first kappa shape index (κ1) is 13.5. The van der Waals surface area contributed by atoms with Gasteiger partial charge in [-0.1, -0.05) is 41.0 Å². The molecule has 1 atom stereocenters. The molecule has 0 aromatic carbocycles. The van der Waals surface area contributed by atoms with E-state index in [-0.39, 0.29) is 0 Å². The fraction of sp³-hybridized carbons (Fsp3) is 1.00. The lowest BCUT2D eigenvalue weighted by molar-refractivity contribution is 0.460. The van der Waals surface area contributed by atoms with E-state index in [1.165, 1.54) is 12.5 Å². The van der Waals surface area contributed by atoms with Gasteiger partial charge in [0.2, 0.25) is 7.55 Å². The summed E-state index contributed by atoms with van der Waals surface area (Å²) in [7, 11) is -1.65. The van der Waals surface area contributed by atoms with Crippen LogP contribution < -0.4 is 0 Å². The Balaban J connectivity index is 4.53. The Hall–Kier alpha value is 0.467. The lowest BCUT2D eigenvalue weighted by atomic mass is 10.5. The Morgan fingerprint density at radius 2 is 1.62 bits per heavy atom. The highest BCUT2D eigenvalue weighted by Crippen LogP contribution is 2.33. The molecular formula is C10H24ClNSi. The quantitative estimate of drug-likeness (QED) is 0.487. The van der Waals surface area contributed by atoms with E-state index in [1.54, 1.807) is 0 Å². The van der Waals surface area contributed by atoms with Crippen molar-refractivity contribution in [2.75, 3.05) is 13.1 Å². The van der Waals surface area contributed by atoms with Crippen LogP contribution in [0.4, 0.5) is 0 Å². The van der Waals surface area contributed by atoms with Crippen LogP contribution in [0.25, 0.3) is 0 Å². The van der Waals surface area contributed by atoms with Crippen molar-refractivity contribution >= 4 is 18.6 Å². The molecule has 13 heavy (non-hydrogen) atoms. The van der Waals surface area contributed by atoms with E-state index < -0.39 is 7.55 Å². The molecule has 0 heterocycles. The van der Waals surface area contributed by atoms with E-state index in [9.17, 15) is 0 Å². The van der Waals surface area contributed by atoms with Crippen molar-refractivity contribution in [3.8, 4) is 0 Å².